The summed E-state index contributed by atoms with van der Waals surface area (Å²) in [4.78, 5) is 12.1. The molecule has 2 aromatic carbocycles. The maximum atomic E-state index is 12.1. The van der Waals surface area contributed by atoms with Gasteiger partial charge in [0.25, 0.3) is 5.91 Å². The molecule has 0 radical (unpaired) electrons. The van der Waals surface area contributed by atoms with E-state index >= 15 is 0 Å². The predicted octanol–water partition coefficient (Wildman–Crippen LogP) is 4.67. The normalized spacial score (nSPS) is 10.4. The van der Waals surface area contributed by atoms with Crippen molar-refractivity contribution in [2.45, 2.75) is 0 Å². The van der Waals surface area contributed by atoms with Gasteiger partial charge in [-0.1, -0.05) is 40.5 Å². The first-order valence-corrected chi connectivity index (χ1v) is 8.29. The van der Waals surface area contributed by atoms with Crippen molar-refractivity contribution in [3.63, 3.8) is 0 Å². The van der Waals surface area contributed by atoms with Crippen LogP contribution in [0.1, 0.15) is 0 Å². The minimum absolute atomic E-state index is 0.228. The molecule has 0 aliphatic heterocycles. The van der Waals surface area contributed by atoms with Gasteiger partial charge in [-0.2, -0.15) is 0 Å². The van der Waals surface area contributed by atoms with Gasteiger partial charge in [-0.05, 0) is 35.9 Å². The molecule has 1 aromatic heterocycles. The molecule has 0 atom stereocenters. The summed E-state index contributed by atoms with van der Waals surface area (Å²) < 4.78 is 15.7. The Hall–Kier alpha value is -2.70. The van der Waals surface area contributed by atoms with Gasteiger partial charge < -0.3 is 14.0 Å². The fourth-order valence-electron chi connectivity index (χ4n) is 2.20. The standard InChI is InChI=1S/C18H14Cl2N2O4/c1-24-13-5-2-11(3-6-13)14-9-21-26-18(14)22-17(23)10-25-16-7-4-12(19)8-15(16)20/h2-9H,10H2,1H3,(H,22,23). The minimum Gasteiger partial charge on any atom is -0.497 e. The number of rotatable bonds is 6. The highest BCUT2D eigenvalue weighted by Gasteiger charge is 2.14. The van der Waals surface area contributed by atoms with Crippen LogP contribution in [-0.4, -0.2) is 24.8 Å². The second-order valence-corrected chi connectivity index (χ2v) is 6.05. The lowest BCUT2D eigenvalue weighted by Gasteiger charge is -2.08. The smallest absolute Gasteiger partial charge is 0.264 e. The monoisotopic (exact) mass is 392 g/mol. The third-order valence-corrected chi connectivity index (χ3v) is 4.01. The van der Waals surface area contributed by atoms with E-state index in [4.69, 9.17) is 37.2 Å². The van der Waals surface area contributed by atoms with Gasteiger partial charge in [0, 0.05) is 5.02 Å². The number of nitrogens with one attached hydrogen (secondary N) is 1. The van der Waals surface area contributed by atoms with E-state index in [1.165, 1.54) is 12.3 Å². The second kappa shape index (κ2) is 8.12. The molecule has 0 bridgehead atoms. The Balaban J connectivity index is 1.65. The molecule has 0 saturated carbocycles. The van der Waals surface area contributed by atoms with E-state index in [0.29, 0.717) is 21.4 Å². The lowest BCUT2D eigenvalue weighted by Crippen LogP contribution is -2.20. The highest BCUT2D eigenvalue weighted by molar-refractivity contribution is 6.35. The number of nitrogens with zero attached hydrogens (tertiary/aromatic N) is 1. The molecule has 1 heterocycles. The number of methoxy groups -OCH3 is 1. The number of benzene rings is 2. The molecular formula is C18H14Cl2N2O4. The lowest BCUT2D eigenvalue weighted by molar-refractivity contribution is -0.118. The summed E-state index contributed by atoms with van der Waals surface area (Å²) in [5.74, 6) is 0.900. The first kappa shape index (κ1) is 18.1. The van der Waals surface area contributed by atoms with Gasteiger partial charge in [0.05, 0.1) is 23.9 Å². The Kier molecular flexibility index (Phi) is 5.65. The number of aromatic nitrogens is 1. The average Bonchev–Trinajstić information content (AvgIpc) is 3.09. The van der Waals surface area contributed by atoms with Crippen molar-refractivity contribution in [2.75, 3.05) is 19.0 Å². The number of amides is 1. The molecule has 0 unspecified atom stereocenters. The van der Waals surface area contributed by atoms with Gasteiger partial charge >= 0.3 is 0 Å². The quantitative estimate of drug-likeness (QED) is 0.659. The van der Waals surface area contributed by atoms with Gasteiger partial charge in [-0.3, -0.25) is 10.1 Å². The Morgan fingerprint density at radius 1 is 1.19 bits per heavy atom. The van der Waals surface area contributed by atoms with Crippen molar-refractivity contribution >= 4 is 35.0 Å². The Morgan fingerprint density at radius 3 is 2.65 bits per heavy atom. The predicted molar refractivity (Wildman–Crippen MR) is 99.1 cm³/mol. The van der Waals surface area contributed by atoms with Crippen molar-refractivity contribution in [2.24, 2.45) is 0 Å². The van der Waals surface area contributed by atoms with E-state index in [9.17, 15) is 4.79 Å². The van der Waals surface area contributed by atoms with E-state index in [1.807, 2.05) is 12.1 Å². The number of carbonyl (C=O) groups excluding carboxylic acids is 1. The van der Waals surface area contributed by atoms with E-state index in [0.717, 1.165) is 11.3 Å². The molecule has 26 heavy (non-hydrogen) atoms. The Morgan fingerprint density at radius 2 is 1.96 bits per heavy atom. The van der Waals surface area contributed by atoms with Gasteiger partial charge in [-0.15, -0.1) is 0 Å². The van der Waals surface area contributed by atoms with E-state index in [-0.39, 0.29) is 12.5 Å². The summed E-state index contributed by atoms with van der Waals surface area (Å²) in [5, 5.41) is 7.17. The molecule has 6 nitrogen and oxygen atoms in total. The van der Waals surface area contributed by atoms with Crippen LogP contribution >= 0.6 is 23.2 Å². The maximum Gasteiger partial charge on any atom is 0.264 e. The summed E-state index contributed by atoms with van der Waals surface area (Å²) in [7, 11) is 1.59. The van der Waals surface area contributed by atoms with E-state index in [1.54, 1.807) is 31.4 Å². The molecule has 0 saturated heterocycles. The number of carbonyl (C=O) groups is 1. The van der Waals surface area contributed by atoms with Crippen molar-refractivity contribution in [1.82, 2.24) is 5.16 Å². The lowest BCUT2D eigenvalue weighted by atomic mass is 10.1. The molecule has 3 aromatic rings. The number of anilines is 1. The first-order valence-electron chi connectivity index (χ1n) is 7.53. The van der Waals surface area contributed by atoms with E-state index < -0.39 is 5.91 Å². The first-order chi connectivity index (χ1) is 12.6. The molecule has 0 aliphatic rings. The number of hydrogen-bond donors (Lipinski definition) is 1. The van der Waals surface area contributed by atoms with Crippen LogP contribution in [0.5, 0.6) is 11.5 Å². The van der Waals surface area contributed by atoms with Crippen molar-refractivity contribution < 1.29 is 18.8 Å². The van der Waals surface area contributed by atoms with Crippen LogP contribution < -0.4 is 14.8 Å². The van der Waals surface area contributed by atoms with Crippen LogP contribution in [0.3, 0.4) is 0 Å². The van der Waals surface area contributed by atoms with Crippen LogP contribution in [0.2, 0.25) is 10.0 Å². The zero-order chi connectivity index (χ0) is 18.5. The third kappa shape index (κ3) is 4.28. The Bertz CT molecular complexity index is 910. The number of hydrogen-bond acceptors (Lipinski definition) is 5. The van der Waals surface area contributed by atoms with Gasteiger partial charge in [0.15, 0.2) is 6.61 Å². The second-order valence-electron chi connectivity index (χ2n) is 5.21. The fraction of sp³-hybridized carbons (Fsp3) is 0.111. The minimum atomic E-state index is -0.414. The van der Waals surface area contributed by atoms with Gasteiger partial charge in [0.1, 0.15) is 11.5 Å². The van der Waals surface area contributed by atoms with Crippen molar-refractivity contribution in [3.05, 3.63) is 58.7 Å². The zero-order valence-electron chi connectivity index (χ0n) is 13.7. The van der Waals surface area contributed by atoms with Crippen LogP contribution in [-0.2, 0) is 4.79 Å². The molecule has 1 amide bonds. The summed E-state index contributed by atoms with van der Waals surface area (Å²) in [6, 6.07) is 12.0. The molecule has 3 rings (SSSR count). The Labute approximate surface area is 159 Å². The van der Waals surface area contributed by atoms with Crippen LogP contribution in [0.15, 0.2) is 53.2 Å². The van der Waals surface area contributed by atoms with Crippen LogP contribution in [0.25, 0.3) is 11.1 Å². The van der Waals surface area contributed by atoms with Crippen molar-refractivity contribution in [3.8, 4) is 22.6 Å². The van der Waals surface area contributed by atoms with Crippen LogP contribution in [0, 0.1) is 0 Å². The molecule has 1 N–H and O–H groups in total. The summed E-state index contributed by atoms with van der Waals surface area (Å²) in [6.45, 7) is -0.246. The molecule has 8 heteroatoms. The van der Waals surface area contributed by atoms with Gasteiger partial charge in [0.2, 0.25) is 5.88 Å². The summed E-state index contributed by atoms with van der Waals surface area (Å²) in [5.41, 5.74) is 1.47. The molecule has 0 aliphatic carbocycles. The number of ether oxygens (including phenoxy) is 2. The van der Waals surface area contributed by atoms with Gasteiger partial charge in [-0.25, -0.2) is 0 Å². The highest BCUT2D eigenvalue weighted by Crippen LogP contribution is 2.30. The zero-order valence-corrected chi connectivity index (χ0v) is 15.2. The maximum absolute atomic E-state index is 12.1. The topological polar surface area (TPSA) is 73.6 Å². The van der Waals surface area contributed by atoms with E-state index in [2.05, 4.69) is 10.5 Å². The molecule has 0 fully saturated rings. The van der Waals surface area contributed by atoms with Crippen LogP contribution in [0.4, 0.5) is 5.88 Å². The molecule has 0 spiro atoms. The SMILES string of the molecule is COc1ccc(-c2cnoc2NC(=O)COc2ccc(Cl)cc2Cl)cc1. The molecular weight excluding hydrogens is 379 g/mol. The average molecular weight is 393 g/mol. The summed E-state index contributed by atoms with van der Waals surface area (Å²) in [6.07, 6.45) is 1.52. The highest BCUT2D eigenvalue weighted by atomic mass is 35.5. The van der Waals surface area contributed by atoms with Crippen molar-refractivity contribution in [1.29, 1.82) is 0 Å². The summed E-state index contributed by atoms with van der Waals surface area (Å²) >= 11 is 11.8. The number of halogens is 2. The fourth-order valence-corrected chi connectivity index (χ4v) is 2.67. The third-order valence-electron chi connectivity index (χ3n) is 3.48. The molecule has 134 valence electrons. The largest absolute Gasteiger partial charge is 0.497 e.